The Morgan fingerprint density at radius 1 is 0.778 bits per heavy atom. The van der Waals surface area contributed by atoms with Crippen LogP contribution in [-0.4, -0.2) is 34.5 Å². The first-order chi connectivity index (χ1) is 13.1. The molecule has 0 unspecified atom stereocenters. The van der Waals surface area contributed by atoms with Crippen LogP contribution in [0.25, 0.3) is 0 Å². The van der Waals surface area contributed by atoms with E-state index in [0.29, 0.717) is 19.3 Å². The zero-order chi connectivity index (χ0) is 19.5. The van der Waals surface area contributed by atoms with Crippen molar-refractivity contribution in [3.63, 3.8) is 0 Å². The van der Waals surface area contributed by atoms with E-state index in [1.807, 2.05) is 0 Å². The first kappa shape index (κ1) is 19.6. The van der Waals surface area contributed by atoms with Crippen molar-refractivity contribution in [1.82, 2.24) is 10.9 Å². The summed E-state index contributed by atoms with van der Waals surface area (Å²) in [6, 6.07) is 12.4. The normalized spacial score (nSPS) is 11.0. The maximum absolute atomic E-state index is 11.8. The second-order valence-electron chi connectivity index (χ2n) is 5.47. The van der Waals surface area contributed by atoms with Crippen molar-refractivity contribution in [3.8, 4) is 11.5 Å². The molecule has 0 aliphatic heterocycles. The Balaban J connectivity index is 1.63. The van der Waals surface area contributed by atoms with E-state index in [2.05, 4.69) is 21.1 Å². The van der Waals surface area contributed by atoms with Crippen LogP contribution in [0.3, 0.4) is 0 Å². The average molecular weight is 368 g/mol. The first-order valence-electron chi connectivity index (χ1n) is 8.29. The lowest BCUT2D eigenvalue weighted by atomic mass is 10.2. The lowest BCUT2D eigenvalue weighted by molar-refractivity contribution is 0.0944. The summed E-state index contributed by atoms with van der Waals surface area (Å²) in [6.07, 6.45) is 5.01. The van der Waals surface area contributed by atoms with Gasteiger partial charge in [0.1, 0.15) is 11.5 Å². The number of nitrogens with one attached hydrogen (secondary N) is 2. The number of benzene rings is 2. The third kappa shape index (κ3) is 6.28. The largest absolute Gasteiger partial charge is 0.507 e. The number of hydrazone groups is 2. The highest BCUT2D eigenvalue weighted by atomic mass is 16.3. The van der Waals surface area contributed by atoms with Gasteiger partial charge in [-0.15, -0.1) is 0 Å². The molecule has 0 aliphatic rings. The fraction of sp³-hybridized carbons (Fsp3) is 0.158. The standard InChI is InChI=1S/C19H20N4O4/c24-16-10-4-2-8-14(16)18(26)22-20-12-6-1-7-13-21-23-19(27)15-9-3-5-11-17(15)25/h2-5,8-13,24-25H,1,6-7H2,(H,22,26)(H,23,27)/b20-12+,21-13+. The fourth-order valence-electron chi connectivity index (χ4n) is 2.09. The van der Waals surface area contributed by atoms with Crippen LogP contribution in [-0.2, 0) is 0 Å². The molecule has 0 fully saturated rings. The number of carbonyl (C=O) groups is 2. The molecule has 0 radical (unpaired) electrons. The SMILES string of the molecule is O=C(N/N=C/CCC/C=N/NC(=O)c1ccccc1O)c1ccccc1O. The van der Waals surface area contributed by atoms with Gasteiger partial charge in [-0.2, -0.15) is 10.2 Å². The van der Waals surface area contributed by atoms with Crippen molar-refractivity contribution in [3.05, 3.63) is 59.7 Å². The topological polar surface area (TPSA) is 123 Å². The molecule has 2 amide bonds. The Bertz CT molecular complexity index is 780. The highest BCUT2D eigenvalue weighted by Crippen LogP contribution is 2.15. The van der Waals surface area contributed by atoms with E-state index < -0.39 is 11.8 Å². The third-order valence-corrected chi connectivity index (χ3v) is 3.48. The summed E-state index contributed by atoms with van der Waals surface area (Å²) in [5, 5.41) is 26.7. The number of phenols is 2. The molecule has 2 rings (SSSR count). The van der Waals surface area contributed by atoms with Crippen LogP contribution >= 0.6 is 0 Å². The second-order valence-corrected chi connectivity index (χ2v) is 5.47. The molecule has 0 saturated carbocycles. The third-order valence-electron chi connectivity index (χ3n) is 3.48. The number of unbranched alkanes of at least 4 members (excludes halogenated alkanes) is 2. The Labute approximate surface area is 156 Å². The summed E-state index contributed by atoms with van der Waals surface area (Å²) < 4.78 is 0. The van der Waals surface area contributed by atoms with Crippen molar-refractivity contribution in [2.75, 3.05) is 0 Å². The molecule has 0 heterocycles. The number of nitrogens with zero attached hydrogens (tertiary/aromatic N) is 2. The Hall–Kier alpha value is -3.68. The Morgan fingerprint density at radius 3 is 1.59 bits per heavy atom. The van der Waals surface area contributed by atoms with Crippen LogP contribution in [0.1, 0.15) is 40.0 Å². The van der Waals surface area contributed by atoms with Crippen molar-refractivity contribution in [2.45, 2.75) is 19.3 Å². The molecule has 0 aromatic heterocycles. The quantitative estimate of drug-likeness (QED) is 0.324. The molecule has 0 saturated heterocycles. The molecule has 8 nitrogen and oxygen atoms in total. The summed E-state index contributed by atoms with van der Waals surface area (Å²) in [7, 11) is 0. The second kappa shape index (κ2) is 10.3. The van der Waals surface area contributed by atoms with Gasteiger partial charge in [0, 0.05) is 12.4 Å². The number of phenolic OH excluding ortho intramolecular Hbond substituents is 2. The number of hydrogen-bond acceptors (Lipinski definition) is 6. The minimum atomic E-state index is -0.488. The van der Waals surface area contributed by atoms with Gasteiger partial charge >= 0.3 is 0 Å². The minimum Gasteiger partial charge on any atom is -0.507 e. The van der Waals surface area contributed by atoms with Gasteiger partial charge in [-0.05, 0) is 43.5 Å². The molecule has 0 bridgehead atoms. The number of amides is 2. The molecular formula is C19H20N4O4. The Kier molecular flexibility index (Phi) is 7.52. The monoisotopic (exact) mass is 368 g/mol. The highest BCUT2D eigenvalue weighted by Gasteiger charge is 2.09. The van der Waals surface area contributed by atoms with Gasteiger partial charge in [0.15, 0.2) is 0 Å². The number of rotatable bonds is 8. The maximum atomic E-state index is 11.8. The molecule has 2 aromatic carbocycles. The van der Waals surface area contributed by atoms with Gasteiger partial charge < -0.3 is 10.2 Å². The zero-order valence-corrected chi connectivity index (χ0v) is 14.5. The van der Waals surface area contributed by atoms with Crippen molar-refractivity contribution in [1.29, 1.82) is 0 Å². The number of aromatic hydroxyl groups is 2. The van der Waals surface area contributed by atoms with Crippen LogP contribution in [0.4, 0.5) is 0 Å². The molecule has 27 heavy (non-hydrogen) atoms. The van der Waals surface area contributed by atoms with Crippen LogP contribution < -0.4 is 10.9 Å². The molecule has 4 N–H and O–H groups in total. The van der Waals surface area contributed by atoms with Crippen molar-refractivity contribution in [2.24, 2.45) is 10.2 Å². The van der Waals surface area contributed by atoms with Gasteiger partial charge in [-0.1, -0.05) is 24.3 Å². The smallest absolute Gasteiger partial charge is 0.275 e. The maximum Gasteiger partial charge on any atom is 0.275 e. The van der Waals surface area contributed by atoms with E-state index in [0.717, 1.165) is 0 Å². The Morgan fingerprint density at radius 2 is 1.19 bits per heavy atom. The first-order valence-corrected chi connectivity index (χ1v) is 8.29. The molecule has 140 valence electrons. The summed E-state index contributed by atoms with van der Waals surface area (Å²) in [5.74, 6) is -1.19. The average Bonchev–Trinajstić information content (AvgIpc) is 2.67. The predicted octanol–water partition coefficient (Wildman–Crippen LogP) is 2.40. The lowest BCUT2D eigenvalue weighted by Gasteiger charge is -2.02. The van der Waals surface area contributed by atoms with Gasteiger partial charge in [0.05, 0.1) is 11.1 Å². The van der Waals surface area contributed by atoms with E-state index in [1.165, 1.54) is 24.3 Å². The van der Waals surface area contributed by atoms with Crippen LogP contribution in [0.5, 0.6) is 11.5 Å². The van der Waals surface area contributed by atoms with Gasteiger partial charge in [-0.25, -0.2) is 10.9 Å². The molecule has 0 spiro atoms. The van der Waals surface area contributed by atoms with Crippen molar-refractivity contribution < 1.29 is 19.8 Å². The highest BCUT2D eigenvalue weighted by molar-refractivity contribution is 5.97. The fourth-order valence-corrected chi connectivity index (χ4v) is 2.09. The summed E-state index contributed by atoms with van der Waals surface area (Å²) >= 11 is 0. The molecule has 8 heteroatoms. The van der Waals surface area contributed by atoms with E-state index >= 15 is 0 Å². The molecule has 2 aromatic rings. The molecular weight excluding hydrogens is 348 g/mol. The van der Waals surface area contributed by atoms with Gasteiger partial charge in [-0.3, -0.25) is 9.59 Å². The van der Waals surface area contributed by atoms with Crippen molar-refractivity contribution >= 4 is 24.2 Å². The van der Waals surface area contributed by atoms with E-state index in [9.17, 15) is 19.8 Å². The van der Waals surface area contributed by atoms with Gasteiger partial charge in [0.2, 0.25) is 0 Å². The van der Waals surface area contributed by atoms with Crippen LogP contribution in [0.2, 0.25) is 0 Å². The summed E-state index contributed by atoms with van der Waals surface area (Å²) in [4.78, 5) is 23.6. The number of carbonyl (C=O) groups excluding carboxylic acids is 2. The van der Waals surface area contributed by atoms with Crippen LogP contribution in [0.15, 0.2) is 58.7 Å². The summed E-state index contributed by atoms with van der Waals surface area (Å²) in [6.45, 7) is 0. The summed E-state index contributed by atoms with van der Waals surface area (Å²) in [5.41, 5.74) is 4.98. The lowest BCUT2D eigenvalue weighted by Crippen LogP contribution is -2.17. The zero-order valence-electron chi connectivity index (χ0n) is 14.5. The predicted molar refractivity (Wildman–Crippen MR) is 102 cm³/mol. The number of para-hydroxylation sites is 2. The van der Waals surface area contributed by atoms with Crippen LogP contribution in [0, 0.1) is 0 Å². The minimum absolute atomic E-state index is 0.104. The van der Waals surface area contributed by atoms with E-state index in [4.69, 9.17) is 0 Å². The van der Waals surface area contributed by atoms with E-state index in [1.54, 1.807) is 36.7 Å². The van der Waals surface area contributed by atoms with E-state index in [-0.39, 0.29) is 22.6 Å². The molecule has 0 atom stereocenters. The molecule has 0 aliphatic carbocycles. The number of hydrogen-bond donors (Lipinski definition) is 4. The van der Waals surface area contributed by atoms with Gasteiger partial charge in [0.25, 0.3) is 11.8 Å².